The highest BCUT2D eigenvalue weighted by atomic mass is 15.3. The van der Waals surface area contributed by atoms with Gasteiger partial charge in [0.15, 0.2) is 0 Å². The number of hydrogen-bond donors (Lipinski definition) is 0. The lowest BCUT2D eigenvalue weighted by Crippen LogP contribution is -2.31. The van der Waals surface area contributed by atoms with Gasteiger partial charge in [-0.15, -0.1) is 0 Å². The zero-order valence-electron chi connectivity index (χ0n) is 13.7. The van der Waals surface area contributed by atoms with Gasteiger partial charge in [0.2, 0.25) is 0 Å². The third-order valence-electron chi connectivity index (χ3n) is 4.13. The number of rotatable bonds is 2. The zero-order chi connectivity index (χ0) is 16.2. The molecule has 118 valence electrons. The van der Waals surface area contributed by atoms with E-state index in [1.807, 2.05) is 38.1 Å². The van der Waals surface area contributed by atoms with Crippen LogP contribution in [0.1, 0.15) is 23.5 Å². The first-order valence-electron chi connectivity index (χ1n) is 7.98. The van der Waals surface area contributed by atoms with Gasteiger partial charge in [0.25, 0.3) is 0 Å². The van der Waals surface area contributed by atoms with Crippen LogP contribution in [0.3, 0.4) is 0 Å². The summed E-state index contributed by atoms with van der Waals surface area (Å²) in [6.07, 6.45) is 1.09. The Bertz CT molecular complexity index is 697. The third-order valence-corrected chi connectivity index (χ3v) is 4.13. The van der Waals surface area contributed by atoms with Crippen LogP contribution in [0.5, 0.6) is 0 Å². The second kappa shape index (κ2) is 6.66. The molecule has 1 aliphatic rings. The summed E-state index contributed by atoms with van der Waals surface area (Å²) in [6.45, 7) is 7.87. The van der Waals surface area contributed by atoms with Crippen LogP contribution in [0.2, 0.25) is 0 Å². The van der Waals surface area contributed by atoms with Crippen LogP contribution < -0.4 is 9.80 Å². The molecule has 0 unspecified atom stereocenters. The van der Waals surface area contributed by atoms with Gasteiger partial charge in [-0.2, -0.15) is 5.26 Å². The quantitative estimate of drug-likeness (QED) is 0.854. The highest BCUT2D eigenvalue weighted by Gasteiger charge is 2.17. The fraction of sp³-hybridized carbons (Fsp3) is 0.389. The van der Waals surface area contributed by atoms with Gasteiger partial charge in [0, 0.05) is 43.6 Å². The normalized spacial score (nSPS) is 15.2. The maximum Gasteiger partial charge on any atom is 0.132 e. The van der Waals surface area contributed by atoms with E-state index in [9.17, 15) is 0 Å². The summed E-state index contributed by atoms with van der Waals surface area (Å²) in [5.41, 5.74) is 2.90. The maximum absolute atomic E-state index is 8.91. The summed E-state index contributed by atoms with van der Waals surface area (Å²) in [5, 5.41) is 8.91. The van der Waals surface area contributed by atoms with E-state index in [1.54, 1.807) is 0 Å². The number of aromatic nitrogens is 2. The number of anilines is 2. The number of nitrogens with zero attached hydrogens (tertiary/aromatic N) is 5. The molecule has 0 atom stereocenters. The van der Waals surface area contributed by atoms with Gasteiger partial charge < -0.3 is 9.80 Å². The first-order chi connectivity index (χ1) is 11.2. The van der Waals surface area contributed by atoms with Crippen LogP contribution in [-0.4, -0.2) is 36.1 Å². The summed E-state index contributed by atoms with van der Waals surface area (Å²) in [7, 11) is 0. The molecule has 1 aromatic carbocycles. The molecule has 0 radical (unpaired) electrons. The van der Waals surface area contributed by atoms with E-state index in [4.69, 9.17) is 5.26 Å². The van der Waals surface area contributed by atoms with Crippen molar-refractivity contribution in [3.05, 3.63) is 47.4 Å². The van der Waals surface area contributed by atoms with Crippen molar-refractivity contribution in [2.24, 2.45) is 0 Å². The van der Waals surface area contributed by atoms with Crippen molar-refractivity contribution in [1.82, 2.24) is 9.97 Å². The van der Waals surface area contributed by atoms with Crippen molar-refractivity contribution >= 4 is 11.5 Å². The first kappa shape index (κ1) is 15.3. The van der Waals surface area contributed by atoms with Crippen molar-refractivity contribution in [3.63, 3.8) is 0 Å². The van der Waals surface area contributed by atoms with Crippen LogP contribution >= 0.6 is 0 Å². The van der Waals surface area contributed by atoms with E-state index in [1.165, 1.54) is 5.69 Å². The van der Waals surface area contributed by atoms with E-state index < -0.39 is 0 Å². The van der Waals surface area contributed by atoms with Crippen LogP contribution in [0.4, 0.5) is 11.5 Å². The van der Waals surface area contributed by atoms with E-state index >= 15 is 0 Å². The largest absolute Gasteiger partial charge is 0.370 e. The van der Waals surface area contributed by atoms with Gasteiger partial charge in [-0.05, 0) is 44.5 Å². The maximum atomic E-state index is 8.91. The highest BCUT2D eigenvalue weighted by Crippen LogP contribution is 2.20. The Labute approximate surface area is 137 Å². The fourth-order valence-electron chi connectivity index (χ4n) is 3.01. The lowest BCUT2D eigenvalue weighted by molar-refractivity contribution is 0.790. The first-order valence-corrected chi connectivity index (χ1v) is 7.98. The standard InChI is InChI=1S/C18H21N5/c1-14-12-18(21-15(2)20-14)23-9-3-8-22(10-11-23)17-6-4-16(13-19)5-7-17/h4-7,12H,3,8-11H2,1-2H3. The van der Waals surface area contributed by atoms with E-state index in [0.717, 1.165) is 49.9 Å². The zero-order valence-corrected chi connectivity index (χ0v) is 13.7. The highest BCUT2D eigenvalue weighted by molar-refractivity contribution is 5.50. The van der Waals surface area contributed by atoms with Gasteiger partial charge in [-0.3, -0.25) is 0 Å². The third kappa shape index (κ3) is 3.59. The SMILES string of the molecule is Cc1cc(N2CCCN(c3ccc(C#N)cc3)CC2)nc(C)n1. The minimum Gasteiger partial charge on any atom is -0.370 e. The molecule has 1 fully saturated rings. The predicted octanol–water partition coefficient (Wildman–Crippen LogP) is 2.68. The Morgan fingerprint density at radius 3 is 2.35 bits per heavy atom. The molecule has 0 saturated carbocycles. The second-order valence-electron chi connectivity index (χ2n) is 5.90. The van der Waals surface area contributed by atoms with Crippen molar-refractivity contribution in [2.45, 2.75) is 20.3 Å². The molecule has 1 aromatic heterocycles. The monoisotopic (exact) mass is 307 g/mol. The minimum atomic E-state index is 0.706. The Morgan fingerprint density at radius 2 is 1.65 bits per heavy atom. The van der Waals surface area contributed by atoms with Gasteiger partial charge in [0.1, 0.15) is 11.6 Å². The molecular formula is C18H21N5. The van der Waals surface area contributed by atoms with Gasteiger partial charge in [-0.25, -0.2) is 9.97 Å². The minimum absolute atomic E-state index is 0.706. The molecule has 0 amide bonds. The van der Waals surface area contributed by atoms with Crippen LogP contribution in [0, 0.1) is 25.2 Å². The summed E-state index contributed by atoms with van der Waals surface area (Å²) >= 11 is 0. The van der Waals surface area contributed by atoms with E-state index in [2.05, 4.69) is 31.9 Å². The van der Waals surface area contributed by atoms with Crippen molar-refractivity contribution in [2.75, 3.05) is 36.0 Å². The lowest BCUT2D eigenvalue weighted by Gasteiger charge is -2.24. The summed E-state index contributed by atoms with van der Waals surface area (Å²) in [6, 6.07) is 12.1. The smallest absolute Gasteiger partial charge is 0.132 e. The number of aryl methyl sites for hydroxylation is 2. The van der Waals surface area contributed by atoms with Crippen molar-refractivity contribution in [1.29, 1.82) is 5.26 Å². The van der Waals surface area contributed by atoms with Crippen LogP contribution in [-0.2, 0) is 0 Å². The summed E-state index contributed by atoms with van der Waals surface area (Å²) in [4.78, 5) is 13.7. The Balaban J connectivity index is 1.72. The van der Waals surface area contributed by atoms with E-state index in [0.29, 0.717) is 5.56 Å². The number of benzene rings is 1. The van der Waals surface area contributed by atoms with Crippen molar-refractivity contribution < 1.29 is 0 Å². The van der Waals surface area contributed by atoms with Crippen LogP contribution in [0.15, 0.2) is 30.3 Å². The molecule has 5 nitrogen and oxygen atoms in total. The Morgan fingerprint density at radius 1 is 0.957 bits per heavy atom. The molecule has 2 heterocycles. The number of hydrogen-bond acceptors (Lipinski definition) is 5. The molecule has 1 aliphatic heterocycles. The summed E-state index contributed by atoms with van der Waals surface area (Å²) < 4.78 is 0. The molecule has 1 saturated heterocycles. The second-order valence-corrected chi connectivity index (χ2v) is 5.90. The molecule has 0 N–H and O–H groups in total. The van der Waals surface area contributed by atoms with Crippen LogP contribution in [0.25, 0.3) is 0 Å². The van der Waals surface area contributed by atoms with Crippen molar-refractivity contribution in [3.8, 4) is 6.07 Å². The average molecular weight is 307 g/mol. The molecule has 0 aliphatic carbocycles. The molecule has 23 heavy (non-hydrogen) atoms. The molecule has 0 spiro atoms. The molecular weight excluding hydrogens is 286 g/mol. The fourth-order valence-corrected chi connectivity index (χ4v) is 3.01. The molecule has 3 rings (SSSR count). The number of nitriles is 1. The lowest BCUT2D eigenvalue weighted by atomic mass is 10.2. The Kier molecular flexibility index (Phi) is 4.42. The molecule has 2 aromatic rings. The summed E-state index contributed by atoms with van der Waals surface area (Å²) in [5.74, 6) is 1.85. The average Bonchev–Trinajstić information content (AvgIpc) is 2.80. The molecule has 0 bridgehead atoms. The topological polar surface area (TPSA) is 56.0 Å². The Hall–Kier alpha value is -2.61. The van der Waals surface area contributed by atoms with Gasteiger partial charge >= 0.3 is 0 Å². The van der Waals surface area contributed by atoms with E-state index in [-0.39, 0.29) is 0 Å². The van der Waals surface area contributed by atoms with Gasteiger partial charge in [0.05, 0.1) is 11.6 Å². The van der Waals surface area contributed by atoms with Gasteiger partial charge in [-0.1, -0.05) is 0 Å². The molecule has 5 heteroatoms. The predicted molar refractivity (Wildman–Crippen MR) is 91.7 cm³/mol.